The van der Waals surface area contributed by atoms with Crippen molar-refractivity contribution in [1.29, 1.82) is 0 Å². The van der Waals surface area contributed by atoms with Crippen molar-refractivity contribution in [2.75, 3.05) is 40.9 Å². The molecule has 216 valence electrons. The summed E-state index contributed by atoms with van der Waals surface area (Å²) < 4.78 is 28.5. The quantitative estimate of drug-likeness (QED) is 0.0672. The molecule has 36 heavy (non-hydrogen) atoms. The van der Waals surface area contributed by atoms with E-state index in [0.717, 1.165) is 19.3 Å². The number of nitrogens with zero attached hydrogens (tertiary/aromatic N) is 1. The second kappa shape index (κ2) is 21.4. The number of carbonyl (C=O) groups is 1. The number of rotatable bonds is 25. The lowest BCUT2D eigenvalue weighted by Gasteiger charge is -2.32. The molecule has 1 N–H and O–H groups in total. The van der Waals surface area contributed by atoms with Gasteiger partial charge in [0.15, 0.2) is 6.23 Å². The molecule has 0 aromatic carbocycles. The van der Waals surface area contributed by atoms with E-state index in [1.54, 1.807) is 13.8 Å². The van der Waals surface area contributed by atoms with Crippen LogP contribution < -0.4 is 10.2 Å². The number of ether oxygens (including phenoxy) is 1. The zero-order valence-electron chi connectivity index (χ0n) is 24.2. The Labute approximate surface area is 222 Å². The van der Waals surface area contributed by atoms with Crippen LogP contribution in [0, 0.1) is 0 Å². The fraction of sp³-hybridized carbons (Fsp3) is 0.963. The highest BCUT2D eigenvalue weighted by Gasteiger charge is 2.26. The summed E-state index contributed by atoms with van der Waals surface area (Å²) >= 11 is 0. The maximum absolute atomic E-state index is 12.4. The number of amides is 1. The number of carbonyl (C=O) groups excluding carboxylic acids is 1. The van der Waals surface area contributed by atoms with E-state index in [9.17, 15) is 14.3 Å². The third kappa shape index (κ3) is 22.7. The Morgan fingerprint density at radius 3 is 1.78 bits per heavy atom. The van der Waals surface area contributed by atoms with Crippen molar-refractivity contribution in [3.8, 4) is 0 Å². The van der Waals surface area contributed by atoms with Gasteiger partial charge in [0.05, 0.1) is 27.2 Å². The second-order valence-corrected chi connectivity index (χ2v) is 12.3. The van der Waals surface area contributed by atoms with Gasteiger partial charge < -0.3 is 24.0 Å². The lowest BCUT2D eigenvalue weighted by molar-refractivity contribution is -0.870. The maximum Gasteiger partial charge on any atom is 0.270 e. The molecule has 0 rings (SSSR count). The summed E-state index contributed by atoms with van der Waals surface area (Å²) in [7, 11) is 1.24. The Kier molecular flexibility index (Phi) is 21.1. The van der Waals surface area contributed by atoms with Crippen molar-refractivity contribution < 1.29 is 32.5 Å². The predicted molar refractivity (Wildman–Crippen MR) is 145 cm³/mol. The molecule has 0 aromatic rings. The molecule has 0 radical (unpaired) electrons. The molecule has 1 amide bonds. The van der Waals surface area contributed by atoms with Crippen LogP contribution in [0.1, 0.15) is 117 Å². The lowest BCUT2D eigenvalue weighted by Crippen LogP contribution is -2.45. The summed E-state index contributed by atoms with van der Waals surface area (Å²) in [6.45, 7) is 6.62. The Hall–Kier alpha value is -0.500. The third-order valence-corrected chi connectivity index (χ3v) is 7.15. The van der Waals surface area contributed by atoms with Crippen molar-refractivity contribution in [3.05, 3.63) is 0 Å². The molecule has 0 aliphatic carbocycles. The van der Waals surface area contributed by atoms with Crippen LogP contribution in [0.25, 0.3) is 0 Å². The highest BCUT2D eigenvalue weighted by Crippen LogP contribution is 2.40. The van der Waals surface area contributed by atoms with Gasteiger partial charge in [-0.3, -0.25) is 13.9 Å². The van der Waals surface area contributed by atoms with Crippen LogP contribution in [0.4, 0.5) is 0 Å². The van der Waals surface area contributed by atoms with E-state index in [1.807, 2.05) is 21.1 Å². The number of unbranched alkanes of at least 4 members (excludes halogenated alkanes) is 13. The summed E-state index contributed by atoms with van der Waals surface area (Å²) in [6.07, 6.45) is 16.1. The monoisotopic (exact) mass is 536 g/mol. The first-order valence-electron chi connectivity index (χ1n) is 14.4. The summed E-state index contributed by atoms with van der Waals surface area (Å²) in [5, 5.41) is 2.67. The summed E-state index contributed by atoms with van der Waals surface area (Å²) in [5.74, 6) is -0.239. The van der Waals surface area contributed by atoms with Gasteiger partial charge in [0, 0.05) is 13.0 Å². The first-order chi connectivity index (χ1) is 17.0. The zero-order valence-corrected chi connectivity index (χ0v) is 25.1. The molecule has 0 aromatic heterocycles. The Bertz CT molecular complexity index is 585. The average molecular weight is 537 g/mol. The number of phosphoric ester groups is 1. The molecule has 0 heterocycles. The van der Waals surface area contributed by atoms with E-state index in [-0.39, 0.29) is 12.5 Å². The predicted octanol–water partition coefficient (Wildman–Crippen LogP) is 5.93. The number of hydrogen-bond donors (Lipinski definition) is 1. The number of likely N-dealkylation sites (N-methyl/N-ethyl adjacent to an activating group) is 1. The van der Waals surface area contributed by atoms with Crippen LogP contribution in [0.3, 0.4) is 0 Å². The van der Waals surface area contributed by atoms with E-state index in [0.29, 0.717) is 24.1 Å². The average Bonchev–Trinajstić information content (AvgIpc) is 2.77. The third-order valence-electron chi connectivity index (χ3n) is 6.17. The Morgan fingerprint density at radius 2 is 1.33 bits per heavy atom. The lowest BCUT2D eigenvalue weighted by atomic mass is 10.0. The molecule has 0 spiro atoms. The Balaban J connectivity index is 4.09. The minimum atomic E-state index is -4.58. The van der Waals surface area contributed by atoms with E-state index < -0.39 is 20.2 Å². The minimum Gasteiger partial charge on any atom is -0.756 e. The molecule has 3 unspecified atom stereocenters. The number of phosphoric acid groups is 1. The summed E-state index contributed by atoms with van der Waals surface area (Å²) in [4.78, 5) is 24.7. The van der Waals surface area contributed by atoms with Crippen molar-refractivity contribution in [1.82, 2.24) is 5.32 Å². The van der Waals surface area contributed by atoms with Crippen molar-refractivity contribution in [2.24, 2.45) is 0 Å². The Morgan fingerprint density at radius 1 is 0.861 bits per heavy atom. The zero-order chi connectivity index (χ0) is 27.3. The molecule has 0 saturated heterocycles. The maximum atomic E-state index is 12.4. The van der Waals surface area contributed by atoms with Gasteiger partial charge in [0.25, 0.3) is 7.82 Å². The molecule has 3 atom stereocenters. The van der Waals surface area contributed by atoms with Crippen LogP contribution in [-0.2, 0) is 23.1 Å². The van der Waals surface area contributed by atoms with Gasteiger partial charge in [-0.25, -0.2) is 0 Å². The van der Waals surface area contributed by atoms with Crippen molar-refractivity contribution in [2.45, 2.75) is 129 Å². The summed E-state index contributed by atoms with van der Waals surface area (Å²) in [6, 6.07) is 0. The molecule has 0 aliphatic rings. The van der Waals surface area contributed by atoms with Gasteiger partial charge in [0.2, 0.25) is 5.91 Å². The van der Waals surface area contributed by atoms with E-state index >= 15 is 0 Å². The first kappa shape index (κ1) is 35.5. The molecule has 9 heteroatoms. The van der Waals surface area contributed by atoms with Crippen molar-refractivity contribution in [3.63, 3.8) is 0 Å². The van der Waals surface area contributed by atoms with Gasteiger partial charge in [-0.05, 0) is 20.3 Å². The van der Waals surface area contributed by atoms with E-state index in [4.69, 9.17) is 13.8 Å². The highest BCUT2D eigenvalue weighted by molar-refractivity contribution is 7.45. The van der Waals surface area contributed by atoms with Crippen LogP contribution in [0.2, 0.25) is 0 Å². The number of hydrogen-bond acceptors (Lipinski definition) is 6. The second-order valence-electron chi connectivity index (χ2n) is 10.9. The van der Waals surface area contributed by atoms with Crippen LogP contribution >= 0.6 is 7.82 Å². The highest BCUT2D eigenvalue weighted by atomic mass is 31.2. The van der Waals surface area contributed by atoms with Gasteiger partial charge in [-0.15, -0.1) is 0 Å². The molecule has 0 saturated carbocycles. The van der Waals surface area contributed by atoms with Gasteiger partial charge >= 0.3 is 0 Å². The first-order valence-corrected chi connectivity index (χ1v) is 15.8. The van der Waals surface area contributed by atoms with Gasteiger partial charge in [-0.2, -0.15) is 0 Å². The van der Waals surface area contributed by atoms with Crippen molar-refractivity contribution >= 4 is 13.7 Å². The fourth-order valence-electron chi connectivity index (χ4n) is 3.89. The summed E-state index contributed by atoms with van der Waals surface area (Å²) in [5.41, 5.74) is 0. The molecule has 0 aliphatic heterocycles. The molecule has 0 bridgehead atoms. The van der Waals surface area contributed by atoms with Gasteiger partial charge in [0.1, 0.15) is 13.2 Å². The van der Waals surface area contributed by atoms with Crippen LogP contribution in [0.15, 0.2) is 0 Å². The normalized spacial score (nSPS) is 15.4. The minimum absolute atomic E-state index is 0.00695. The molecular weight excluding hydrogens is 479 g/mol. The molecular formula is C27H57N2O6P. The van der Waals surface area contributed by atoms with Crippen LogP contribution in [0.5, 0.6) is 0 Å². The molecule has 0 fully saturated rings. The van der Waals surface area contributed by atoms with E-state index in [2.05, 4.69) is 12.2 Å². The number of nitrogens with one attached hydrogen (secondary N) is 1. The SMILES string of the molecule is CCCCCCCCCCCCCCCCC(=O)NC(OP(=O)([O-])OCC[N+](C)(C)C)C(C)OCC. The molecule has 8 nitrogen and oxygen atoms in total. The van der Waals surface area contributed by atoms with Crippen LogP contribution in [-0.4, -0.2) is 63.6 Å². The van der Waals surface area contributed by atoms with Gasteiger partial charge in [-0.1, -0.05) is 90.4 Å². The topological polar surface area (TPSA) is 96.9 Å². The largest absolute Gasteiger partial charge is 0.756 e. The standard InChI is InChI=1S/C27H57N2O6P/c1-7-9-10-11-12-13-14-15-16-17-18-19-20-21-22-26(30)28-27(25(3)33-8-2)35-36(31,32)34-24-23-29(4,5)6/h25,27H,7-24H2,1-6H3,(H-,28,30,31,32). The van der Waals surface area contributed by atoms with E-state index in [1.165, 1.54) is 70.6 Å². The number of quaternary nitrogens is 1. The fourth-order valence-corrected chi connectivity index (χ4v) is 4.76. The smallest absolute Gasteiger partial charge is 0.270 e.